The predicted octanol–water partition coefficient (Wildman–Crippen LogP) is 3.14. The molecule has 24 heavy (non-hydrogen) atoms. The van der Waals surface area contributed by atoms with Gasteiger partial charge in [0.25, 0.3) is 5.56 Å². The molecule has 0 aliphatic heterocycles. The van der Waals surface area contributed by atoms with Gasteiger partial charge in [-0.1, -0.05) is 46.3 Å². The van der Waals surface area contributed by atoms with Crippen molar-refractivity contribution < 1.29 is 4.79 Å². The van der Waals surface area contributed by atoms with Crippen molar-refractivity contribution in [2.45, 2.75) is 19.4 Å². The van der Waals surface area contributed by atoms with Gasteiger partial charge in [0.1, 0.15) is 11.6 Å². The van der Waals surface area contributed by atoms with Crippen LogP contribution in [0.3, 0.4) is 0 Å². The second kappa shape index (κ2) is 6.92. The normalized spacial score (nSPS) is 12.1. The zero-order valence-electron chi connectivity index (χ0n) is 12.9. The highest BCUT2D eigenvalue weighted by atomic mass is 79.9. The molecule has 3 aromatic rings. The van der Waals surface area contributed by atoms with Gasteiger partial charge in [-0.15, -0.1) is 5.10 Å². The summed E-state index contributed by atoms with van der Waals surface area (Å²) in [5, 5.41) is 11.2. The number of fused-ring (bicyclic) bond motifs is 1. The third-order valence-corrected chi connectivity index (χ3v) is 4.16. The third kappa shape index (κ3) is 3.21. The number of hydrogen-bond donors (Lipinski definition) is 1. The van der Waals surface area contributed by atoms with Crippen molar-refractivity contribution in [1.82, 2.24) is 15.0 Å². The molecular formula is C17H15BrN4O2. The fourth-order valence-corrected chi connectivity index (χ4v) is 2.87. The number of amides is 1. The lowest BCUT2D eigenvalue weighted by Gasteiger charge is -2.16. The van der Waals surface area contributed by atoms with Crippen LogP contribution in [0.1, 0.15) is 19.4 Å². The van der Waals surface area contributed by atoms with E-state index in [2.05, 4.69) is 31.6 Å². The van der Waals surface area contributed by atoms with Gasteiger partial charge < -0.3 is 5.32 Å². The number of nitrogens with one attached hydrogen (secondary N) is 1. The van der Waals surface area contributed by atoms with E-state index in [1.165, 1.54) is 0 Å². The minimum absolute atomic E-state index is 0.303. The average Bonchev–Trinajstić information content (AvgIpc) is 2.58. The van der Waals surface area contributed by atoms with E-state index < -0.39 is 6.04 Å². The van der Waals surface area contributed by atoms with Crippen molar-refractivity contribution in [3.8, 4) is 0 Å². The van der Waals surface area contributed by atoms with Gasteiger partial charge in [0.2, 0.25) is 5.91 Å². The molecule has 1 atom stereocenters. The van der Waals surface area contributed by atoms with E-state index in [1.54, 1.807) is 36.4 Å². The molecular weight excluding hydrogens is 372 g/mol. The molecule has 0 aliphatic carbocycles. The number of hydrogen-bond acceptors (Lipinski definition) is 4. The standard InChI is InChI=1S/C17H15BrN4O2/c1-2-15(16(23)19-12-7-5-6-11(18)10-12)22-17(24)13-8-3-4-9-14(13)20-21-22/h3-10,15H,2H2,1H3,(H,19,23). The van der Waals surface area contributed by atoms with E-state index >= 15 is 0 Å². The summed E-state index contributed by atoms with van der Waals surface area (Å²) in [4.78, 5) is 25.2. The molecule has 0 spiro atoms. The van der Waals surface area contributed by atoms with E-state index in [0.717, 1.165) is 9.15 Å². The average molecular weight is 387 g/mol. The highest BCUT2D eigenvalue weighted by Gasteiger charge is 2.22. The van der Waals surface area contributed by atoms with Crippen LogP contribution >= 0.6 is 15.9 Å². The Morgan fingerprint density at radius 1 is 1.25 bits per heavy atom. The summed E-state index contributed by atoms with van der Waals surface area (Å²) in [7, 11) is 0. The summed E-state index contributed by atoms with van der Waals surface area (Å²) < 4.78 is 2.01. The van der Waals surface area contributed by atoms with Crippen LogP contribution in [0.5, 0.6) is 0 Å². The smallest absolute Gasteiger partial charge is 0.278 e. The topological polar surface area (TPSA) is 76.9 Å². The van der Waals surface area contributed by atoms with Crippen LogP contribution < -0.4 is 10.9 Å². The second-order valence-corrected chi connectivity index (χ2v) is 6.20. The molecule has 1 heterocycles. The Bertz CT molecular complexity index is 954. The van der Waals surface area contributed by atoms with Crippen molar-refractivity contribution >= 4 is 38.4 Å². The summed E-state index contributed by atoms with van der Waals surface area (Å²) in [5.41, 5.74) is 0.840. The van der Waals surface area contributed by atoms with E-state index in [9.17, 15) is 9.59 Å². The molecule has 2 aromatic carbocycles. The zero-order valence-corrected chi connectivity index (χ0v) is 14.5. The number of halogens is 1. The van der Waals surface area contributed by atoms with Crippen molar-refractivity contribution in [2.24, 2.45) is 0 Å². The van der Waals surface area contributed by atoms with E-state index in [4.69, 9.17) is 0 Å². The molecule has 122 valence electrons. The molecule has 0 radical (unpaired) electrons. The highest BCUT2D eigenvalue weighted by molar-refractivity contribution is 9.10. The Balaban J connectivity index is 1.95. The van der Waals surface area contributed by atoms with Crippen LogP contribution in [0.4, 0.5) is 5.69 Å². The van der Waals surface area contributed by atoms with Crippen LogP contribution in [0.25, 0.3) is 10.9 Å². The molecule has 3 rings (SSSR count). The molecule has 7 heteroatoms. The van der Waals surface area contributed by atoms with Gasteiger partial charge >= 0.3 is 0 Å². The Kier molecular flexibility index (Phi) is 4.71. The number of carbonyl (C=O) groups excluding carboxylic acids is 1. The molecule has 0 aliphatic rings. The minimum atomic E-state index is -0.728. The van der Waals surface area contributed by atoms with Gasteiger partial charge in [0.15, 0.2) is 0 Å². The Morgan fingerprint density at radius 3 is 2.79 bits per heavy atom. The fourth-order valence-electron chi connectivity index (χ4n) is 2.47. The van der Waals surface area contributed by atoms with Gasteiger partial charge in [-0.25, -0.2) is 0 Å². The van der Waals surface area contributed by atoms with E-state index in [-0.39, 0.29) is 11.5 Å². The largest absolute Gasteiger partial charge is 0.324 e. The maximum atomic E-state index is 12.6. The molecule has 0 saturated carbocycles. The first-order valence-electron chi connectivity index (χ1n) is 7.51. The number of rotatable bonds is 4. The van der Waals surface area contributed by atoms with Crippen molar-refractivity contribution in [3.05, 3.63) is 63.4 Å². The summed E-state index contributed by atoms with van der Waals surface area (Å²) in [5.74, 6) is -0.303. The maximum absolute atomic E-state index is 12.6. The zero-order chi connectivity index (χ0) is 17.1. The van der Waals surface area contributed by atoms with Gasteiger partial charge in [-0.2, -0.15) is 4.68 Å². The Hall–Kier alpha value is -2.54. The van der Waals surface area contributed by atoms with Crippen LogP contribution in [-0.4, -0.2) is 20.9 Å². The van der Waals surface area contributed by atoms with Crippen molar-refractivity contribution in [2.75, 3.05) is 5.32 Å². The molecule has 0 bridgehead atoms. The summed E-state index contributed by atoms with van der Waals surface area (Å²) in [6.45, 7) is 1.83. The first kappa shape index (κ1) is 16.3. The monoisotopic (exact) mass is 386 g/mol. The second-order valence-electron chi connectivity index (χ2n) is 5.28. The lowest BCUT2D eigenvalue weighted by Crippen LogP contribution is -2.35. The first-order chi connectivity index (χ1) is 11.6. The number of nitrogens with zero attached hydrogens (tertiary/aromatic N) is 3. The van der Waals surface area contributed by atoms with Crippen molar-refractivity contribution in [1.29, 1.82) is 0 Å². The molecule has 1 aromatic heterocycles. The fraction of sp³-hybridized carbons (Fsp3) is 0.176. The Morgan fingerprint density at radius 2 is 2.04 bits per heavy atom. The van der Waals surface area contributed by atoms with Gasteiger partial charge in [0, 0.05) is 10.2 Å². The first-order valence-corrected chi connectivity index (χ1v) is 8.30. The van der Waals surface area contributed by atoms with E-state index in [0.29, 0.717) is 23.0 Å². The maximum Gasteiger partial charge on any atom is 0.278 e. The summed E-state index contributed by atoms with van der Waals surface area (Å²) >= 11 is 3.36. The molecule has 1 unspecified atom stereocenters. The van der Waals surface area contributed by atoms with Crippen LogP contribution in [-0.2, 0) is 4.79 Å². The molecule has 0 fully saturated rings. The summed E-state index contributed by atoms with van der Waals surface area (Å²) in [6, 6.07) is 13.5. The van der Waals surface area contributed by atoms with Crippen LogP contribution in [0, 0.1) is 0 Å². The van der Waals surface area contributed by atoms with Gasteiger partial charge in [-0.3, -0.25) is 9.59 Å². The molecule has 1 N–H and O–H groups in total. The number of aromatic nitrogens is 3. The van der Waals surface area contributed by atoms with Gasteiger partial charge in [0.05, 0.1) is 5.39 Å². The molecule has 0 saturated heterocycles. The predicted molar refractivity (Wildman–Crippen MR) is 95.9 cm³/mol. The van der Waals surface area contributed by atoms with E-state index in [1.807, 2.05) is 19.1 Å². The molecule has 6 nitrogen and oxygen atoms in total. The highest BCUT2D eigenvalue weighted by Crippen LogP contribution is 2.18. The van der Waals surface area contributed by atoms with Crippen molar-refractivity contribution in [3.63, 3.8) is 0 Å². The van der Waals surface area contributed by atoms with Crippen LogP contribution in [0.15, 0.2) is 57.8 Å². The number of benzene rings is 2. The Labute approximate surface area is 146 Å². The number of carbonyl (C=O) groups is 1. The summed E-state index contributed by atoms with van der Waals surface area (Å²) in [6.07, 6.45) is 0.423. The van der Waals surface area contributed by atoms with Gasteiger partial charge in [-0.05, 0) is 36.8 Å². The minimum Gasteiger partial charge on any atom is -0.324 e. The lowest BCUT2D eigenvalue weighted by molar-refractivity contribution is -0.119. The number of anilines is 1. The quantitative estimate of drug-likeness (QED) is 0.746. The van der Waals surface area contributed by atoms with Crippen LogP contribution in [0.2, 0.25) is 0 Å². The third-order valence-electron chi connectivity index (χ3n) is 3.67. The lowest BCUT2D eigenvalue weighted by atomic mass is 10.2. The molecule has 1 amide bonds. The SMILES string of the molecule is CCC(C(=O)Nc1cccc(Br)c1)n1nnc2ccccc2c1=O.